The van der Waals surface area contributed by atoms with E-state index < -0.39 is 16.1 Å². The van der Waals surface area contributed by atoms with E-state index in [4.69, 9.17) is 11.6 Å². The van der Waals surface area contributed by atoms with Gasteiger partial charge in [-0.1, -0.05) is 36.9 Å². The molecule has 0 bridgehead atoms. The molecule has 2 amide bonds. The number of amides is 2. The topological polar surface area (TPSA) is 87.6 Å². The summed E-state index contributed by atoms with van der Waals surface area (Å²) in [6.07, 6.45) is 5.25. The molecule has 2 N–H and O–H groups in total. The van der Waals surface area contributed by atoms with Gasteiger partial charge in [0.2, 0.25) is 0 Å². The molecule has 0 atom stereocenters. The zero-order chi connectivity index (χ0) is 15.7. The standard InChI is InChI=1S/C14H16ClN3O3S/c15-10-7-4-8-11-12(10)13(18-22(11,20)21)17-14(19)16-9-5-2-1-3-6-9/h4,7-9H,1-3,5-6H2,(H2,16,17,18,19). The number of nitrogens with one attached hydrogen (secondary N) is 2. The van der Waals surface area contributed by atoms with Gasteiger partial charge in [0.15, 0.2) is 5.84 Å². The van der Waals surface area contributed by atoms with Crippen molar-refractivity contribution in [1.82, 2.24) is 10.6 Å². The molecule has 1 saturated carbocycles. The Balaban J connectivity index is 1.77. The van der Waals surface area contributed by atoms with Crippen LogP contribution < -0.4 is 10.6 Å². The number of hydrogen-bond donors (Lipinski definition) is 2. The summed E-state index contributed by atoms with van der Waals surface area (Å²) < 4.78 is 27.6. The fraction of sp³-hybridized carbons (Fsp3) is 0.429. The largest absolute Gasteiger partial charge is 0.335 e. The van der Waals surface area contributed by atoms with Crippen LogP contribution >= 0.6 is 11.6 Å². The molecule has 8 heteroatoms. The quantitative estimate of drug-likeness (QED) is 0.822. The van der Waals surface area contributed by atoms with Crippen molar-refractivity contribution in [1.29, 1.82) is 0 Å². The molecule has 1 heterocycles. The third kappa shape index (κ3) is 2.96. The lowest BCUT2D eigenvalue weighted by Gasteiger charge is -2.22. The Morgan fingerprint density at radius 1 is 1.23 bits per heavy atom. The summed E-state index contributed by atoms with van der Waals surface area (Å²) in [6.45, 7) is 0. The van der Waals surface area contributed by atoms with Crippen molar-refractivity contribution in [3.63, 3.8) is 0 Å². The number of benzene rings is 1. The number of hydrogen-bond acceptors (Lipinski definition) is 3. The van der Waals surface area contributed by atoms with Crippen LogP contribution in [-0.2, 0) is 10.0 Å². The molecule has 0 spiro atoms. The molecule has 1 fully saturated rings. The number of sulfonamides is 1. The van der Waals surface area contributed by atoms with Crippen LogP contribution in [0.2, 0.25) is 5.02 Å². The Morgan fingerprint density at radius 2 is 1.95 bits per heavy atom. The lowest BCUT2D eigenvalue weighted by atomic mass is 9.96. The number of amidine groups is 1. The van der Waals surface area contributed by atoms with Gasteiger partial charge in [0.05, 0.1) is 10.6 Å². The molecule has 0 unspecified atom stereocenters. The highest BCUT2D eigenvalue weighted by Crippen LogP contribution is 2.30. The van der Waals surface area contributed by atoms with Gasteiger partial charge >= 0.3 is 6.03 Å². The molecule has 22 heavy (non-hydrogen) atoms. The van der Waals surface area contributed by atoms with E-state index in [-0.39, 0.29) is 27.4 Å². The minimum absolute atomic E-state index is 0.0195. The molecule has 3 rings (SSSR count). The molecular weight excluding hydrogens is 326 g/mol. The number of carbonyl (C=O) groups excluding carboxylic acids is 1. The number of fused-ring (bicyclic) bond motifs is 1. The normalized spacial score (nSPS) is 20.1. The van der Waals surface area contributed by atoms with Gasteiger partial charge in [-0.05, 0) is 25.0 Å². The van der Waals surface area contributed by atoms with Gasteiger partial charge < -0.3 is 5.32 Å². The van der Waals surface area contributed by atoms with Gasteiger partial charge in [-0.25, -0.2) is 4.79 Å². The molecule has 118 valence electrons. The first-order valence-corrected chi connectivity index (χ1v) is 9.00. The van der Waals surface area contributed by atoms with Crippen LogP contribution in [0.3, 0.4) is 0 Å². The third-order valence-electron chi connectivity index (χ3n) is 3.87. The fourth-order valence-electron chi connectivity index (χ4n) is 2.83. The predicted molar refractivity (Wildman–Crippen MR) is 83.7 cm³/mol. The molecule has 1 aliphatic carbocycles. The van der Waals surface area contributed by atoms with Gasteiger partial charge in [-0.2, -0.15) is 8.42 Å². The van der Waals surface area contributed by atoms with E-state index in [1.807, 2.05) is 0 Å². The molecule has 0 saturated heterocycles. The second kappa shape index (κ2) is 5.89. The maximum absolute atomic E-state index is 12.1. The molecule has 0 radical (unpaired) electrons. The predicted octanol–water partition coefficient (Wildman–Crippen LogP) is 2.42. The summed E-state index contributed by atoms with van der Waals surface area (Å²) in [5.41, 5.74) is 0.253. The van der Waals surface area contributed by atoms with Gasteiger partial charge in [-0.15, -0.1) is 4.40 Å². The number of rotatable bonds is 1. The second-order valence-electron chi connectivity index (χ2n) is 5.46. The van der Waals surface area contributed by atoms with Crippen molar-refractivity contribution in [2.45, 2.75) is 43.0 Å². The minimum atomic E-state index is -3.79. The Kier molecular flexibility index (Phi) is 4.10. The zero-order valence-corrected chi connectivity index (χ0v) is 13.4. The van der Waals surface area contributed by atoms with E-state index in [0.717, 1.165) is 25.7 Å². The molecule has 2 aliphatic rings. The average molecular weight is 342 g/mol. The summed E-state index contributed by atoms with van der Waals surface area (Å²) in [7, 11) is -3.79. The number of urea groups is 1. The van der Waals surface area contributed by atoms with Gasteiger partial charge in [0.1, 0.15) is 4.90 Å². The van der Waals surface area contributed by atoms with E-state index in [1.54, 1.807) is 12.1 Å². The van der Waals surface area contributed by atoms with Crippen molar-refractivity contribution in [3.05, 3.63) is 28.8 Å². The smallest absolute Gasteiger partial charge is 0.320 e. The van der Waals surface area contributed by atoms with E-state index in [9.17, 15) is 13.2 Å². The number of carbonyl (C=O) groups is 1. The van der Waals surface area contributed by atoms with Gasteiger partial charge in [0, 0.05) is 6.04 Å². The highest BCUT2D eigenvalue weighted by atomic mass is 35.5. The van der Waals surface area contributed by atoms with Gasteiger partial charge in [0.25, 0.3) is 10.0 Å². The van der Waals surface area contributed by atoms with E-state index >= 15 is 0 Å². The van der Waals surface area contributed by atoms with Crippen molar-refractivity contribution in [3.8, 4) is 0 Å². The summed E-state index contributed by atoms with van der Waals surface area (Å²) in [5.74, 6) is -0.0195. The molecule has 1 aromatic rings. The Hall–Kier alpha value is -1.60. The summed E-state index contributed by atoms with van der Waals surface area (Å²) in [6, 6.07) is 4.21. The van der Waals surface area contributed by atoms with Crippen LogP contribution in [0.25, 0.3) is 0 Å². The van der Waals surface area contributed by atoms with Crippen molar-refractivity contribution in [2.24, 2.45) is 4.40 Å². The first-order valence-electron chi connectivity index (χ1n) is 7.19. The highest BCUT2D eigenvalue weighted by Gasteiger charge is 2.32. The Bertz CT molecular complexity index is 740. The second-order valence-corrected chi connectivity index (χ2v) is 7.44. The maximum Gasteiger partial charge on any atom is 0.320 e. The maximum atomic E-state index is 12.1. The summed E-state index contributed by atoms with van der Waals surface area (Å²) >= 11 is 6.05. The van der Waals surface area contributed by atoms with Crippen molar-refractivity contribution < 1.29 is 13.2 Å². The molecule has 6 nitrogen and oxygen atoms in total. The van der Waals surface area contributed by atoms with E-state index in [0.29, 0.717) is 0 Å². The summed E-state index contributed by atoms with van der Waals surface area (Å²) in [5, 5.41) is 5.62. The summed E-state index contributed by atoms with van der Waals surface area (Å²) in [4.78, 5) is 12.1. The van der Waals surface area contributed by atoms with Crippen LogP contribution in [0.1, 0.15) is 37.7 Å². The first-order chi connectivity index (χ1) is 10.5. The van der Waals surface area contributed by atoms with Crippen molar-refractivity contribution in [2.75, 3.05) is 0 Å². The van der Waals surface area contributed by atoms with E-state index in [1.165, 1.54) is 12.5 Å². The number of nitrogens with zero attached hydrogens (tertiary/aromatic N) is 1. The molecule has 1 aromatic carbocycles. The average Bonchev–Trinajstić information content (AvgIpc) is 2.72. The fourth-order valence-corrected chi connectivity index (χ4v) is 4.34. The molecular formula is C14H16ClN3O3S. The van der Waals surface area contributed by atoms with Crippen LogP contribution in [0.5, 0.6) is 0 Å². The Labute approximate surface area is 134 Å². The van der Waals surface area contributed by atoms with Crippen molar-refractivity contribution >= 4 is 33.5 Å². The molecule has 1 aliphatic heterocycles. The monoisotopic (exact) mass is 341 g/mol. The lowest BCUT2D eigenvalue weighted by molar-refractivity contribution is 0.237. The van der Waals surface area contributed by atoms with Crippen LogP contribution in [0.15, 0.2) is 27.5 Å². The first kappa shape index (κ1) is 15.3. The zero-order valence-electron chi connectivity index (χ0n) is 11.8. The van der Waals surface area contributed by atoms with E-state index in [2.05, 4.69) is 15.0 Å². The highest BCUT2D eigenvalue weighted by molar-refractivity contribution is 7.90. The third-order valence-corrected chi connectivity index (χ3v) is 5.51. The SMILES string of the molecule is O=C(NC1=NS(=O)(=O)c2cccc(Cl)c21)NC1CCCCC1. The molecule has 0 aromatic heterocycles. The lowest BCUT2D eigenvalue weighted by Crippen LogP contribution is -2.45. The van der Waals surface area contributed by atoms with Crippen LogP contribution in [-0.4, -0.2) is 26.3 Å². The minimum Gasteiger partial charge on any atom is -0.335 e. The van der Waals surface area contributed by atoms with Crippen LogP contribution in [0, 0.1) is 0 Å². The van der Waals surface area contributed by atoms with Gasteiger partial charge in [-0.3, -0.25) is 5.32 Å². The Morgan fingerprint density at radius 3 is 2.68 bits per heavy atom. The number of halogens is 1. The van der Waals surface area contributed by atoms with Crippen LogP contribution in [0.4, 0.5) is 4.79 Å².